The number of hydrogen-bond acceptors (Lipinski definition) is 6. The van der Waals surface area contributed by atoms with Crippen molar-refractivity contribution in [1.29, 1.82) is 0 Å². The summed E-state index contributed by atoms with van der Waals surface area (Å²) in [6.07, 6.45) is 6.36. The Morgan fingerprint density at radius 1 is 0.591 bits per heavy atom. The Hall–Kier alpha value is 0.686. The van der Waals surface area contributed by atoms with E-state index in [0.29, 0.717) is 18.5 Å². The first-order chi connectivity index (χ1) is 9.81. The molecule has 0 amide bonds. The minimum atomic E-state index is -2.11. The number of rotatable bonds is 9. The van der Waals surface area contributed by atoms with Crippen LogP contribution in [0.5, 0.6) is 0 Å². The average Bonchev–Trinajstić information content (AvgIpc) is 2.41. The molecule has 0 aromatic carbocycles. The molecule has 132 valence electrons. The molecule has 0 spiro atoms. The molecule has 0 bridgehead atoms. The van der Waals surface area contributed by atoms with Crippen LogP contribution in [0.15, 0.2) is 0 Å². The van der Waals surface area contributed by atoms with E-state index in [1.165, 1.54) is 0 Å². The molecule has 0 rings (SSSR count). The SMILES string of the molecule is CCCC[P+](=O)[O-].CCCC[P+](=O)[O-].CCCC[P+](=O)[O-].[Co+3]. The van der Waals surface area contributed by atoms with Crippen molar-refractivity contribution in [1.82, 2.24) is 0 Å². The van der Waals surface area contributed by atoms with Gasteiger partial charge in [-0.2, -0.15) is 0 Å². The van der Waals surface area contributed by atoms with Crippen molar-refractivity contribution in [2.24, 2.45) is 0 Å². The molecule has 0 heterocycles. The minimum Gasteiger partial charge on any atom is -0.596 e. The summed E-state index contributed by atoms with van der Waals surface area (Å²) in [6.45, 7) is 5.91. The van der Waals surface area contributed by atoms with E-state index in [1.54, 1.807) is 0 Å². The van der Waals surface area contributed by atoms with Crippen LogP contribution in [0.3, 0.4) is 0 Å². The van der Waals surface area contributed by atoms with Crippen molar-refractivity contribution in [3.8, 4) is 0 Å². The summed E-state index contributed by atoms with van der Waals surface area (Å²) in [4.78, 5) is 29.4. The summed E-state index contributed by atoms with van der Waals surface area (Å²) in [7, 11) is -6.32. The molecule has 6 nitrogen and oxygen atoms in total. The van der Waals surface area contributed by atoms with E-state index < -0.39 is 24.1 Å². The minimum absolute atomic E-state index is 0. The van der Waals surface area contributed by atoms with E-state index in [2.05, 4.69) is 0 Å². The largest absolute Gasteiger partial charge is 3.00 e. The van der Waals surface area contributed by atoms with E-state index >= 15 is 0 Å². The van der Waals surface area contributed by atoms with Crippen molar-refractivity contribution >= 4 is 24.1 Å². The molecule has 0 fully saturated rings. The van der Waals surface area contributed by atoms with Crippen LogP contribution in [0.4, 0.5) is 0 Å². The Morgan fingerprint density at radius 2 is 0.773 bits per heavy atom. The van der Waals surface area contributed by atoms with Crippen LogP contribution in [0, 0.1) is 0 Å². The molecule has 0 aromatic heterocycles. The molecule has 0 radical (unpaired) electrons. The van der Waals surface area contributed by atoms with Crippen molar-refractivity contribution in [3.63, 3.8) is 0 Å². The third-order valence-corrected chi connectivity index (χ3v) is 4.13. The maximum absolute atomic E-state index is 9.80. The average molecular weight is 419 g/mol. The second kappa shape index (κ2) is 26.6. The Labute approximate surface area is 147 Å². The third kappa shape index (κ3) is 49.8. The van der Waals surface area contributed by atoms with Crippen LogP contribution in [-0.2, 0) is 30.5 Å². The van der Waals surface area contributed by atoms with Gasteiger partial charge in [0.1, 0.15) is 18.5 Å². The topological polar surface area (TPSA) is 120 Å². The zero-order valence-corrected chi connectivity index (χ0v) is 17.2. The van der Waals surface area contributed by atoms with Crippen molar-refractivity contribution < 1.29 is 45.2 Å². The first-order valence-electron chi connectivity index (χ1n) is 7.17. The van der Waals surface area contributed by atoms with Gasteiger partial charge in [-0.25, -0.2) is 0 Å². The molecule has 0 aliphatic heterocycles. The summed E-state index contributed by atoms with van der Waals surface area (Å²) < 4.78 is 29.4. The molecular formula is C12H27CoO6P3+3. The number of hydrogen-bond donors (Lipinski definition) is 0. The molecule has 0 aliphatic rings. The fraction of sp³-hybridized carbons (Fsp3) is 1.00. The molecule has 3 unspecified atom stereocenters. The van der Waals surface area contributed by atoms with E-state index in [9.17, 15) is 28.4 Å². The molecule has 0 saturated carbocycles. The zero-order chi connectivity index (χ0) is 17.1. The first kappa shape index (κ1) is 30.6. The first-order valence-corrected chi connectivity index (χ1v) is 11.3. The van der Waals surface area contributed by atoms with Crippen LogP contribution < -0.4 is 14.7 Å². The van der Waals surface area contributed by atoms with Crippen LogP contribution in [0.1, 0.15) is 59.3 Å². The molecule has 0 saturated heterocycles. The predicted molar refractivity (Wildman–Crippen MR) is 82.1 cm³/mol. The molecule has 3 atom stereocenters. The summed E-state index contributed by atoms with van der Waals surface area (Å²) in [6, 6.07) is 0. The van der Waals surface area contributed by atoms with Gasteiger partial charge in [-0.3, -0.25) is 0 Å². The Bertz CT molecular complexity index is 237. The van der Waals surface area contributed by atoms with Gasteiger partial charge in [0.15, 0.2) is 0 Å². The summed E-state index contributed by atoms with van der Waals surface area (Å²) in [5, 5.41) is 0. The van der Waals surface area contributed by atoms with Crippen LogP contribution in [0.2, 0.25) is 0 Å². The third-order valence-electron chi connectivity index (χ3n) is 2.08. The second-order valence-electron chi connectivity index (χ2n) is 4.23. The fourth-order valence-electron chi connectivity index (χ4n) is 0.862. The molecule has 0 aromatic rings. The van der Waals surface area contributed by atoms with Crippen molar-refractivity contribution in [2.45, 2.75) is 59.3 Å². The quantitative estimate of drug-likeness (QED) is 0.530. The van der Waals surface area contributed by atoms with E-state index in [0.717, 1.165) is 38.5 Å². The van der Waals surface area contributed by atoms with Gasteiger partial charge in [-0.1, -0.05) is 53.7 Å². The molecule has 10 heteroatoms. The summed E-state index contributed by atoms with van der Waals surface area (Å²) in [5.74, 6) is 0. The Kier molecular flexibility index (Phi) is 36.9. The normalized spacial score (nSPS) is 10.9. The van der Waals surface area contributed by atoms with E-state index in [1.807, 2.05) is 20.8 Å². The molecular weight excluding hydrogens is 392 g/mol. The predicted octanol–water partition coefficient (Wildman–Crippen LogP) is 2.67. The summed E-state index contributed by atoms with van der Waals surface area (Å²) >= 11 is 0. The summed E-state index contributed by atoms with van der Waals surface area (Å²) in [5.41, 5.74) is 0. The maximum Gasteiger partial charge on any atom is 3.00 e. The van der Waals surface area contributed by atoms with Crippen LogP contribution in [-0.4, -0.2) is 18.5 Å². The smallest absolute Gasteiger partial charge is 0.596 e. The van der Waals surface area contributed by atoms with Gasteiger partial charge in [-0.15, -0.1) is 0 Å². The van der Waals surface area contributed by atoms with Gasteiger partial charge in [0.2, 0.25) is 0 Å². The Balaban J connectivity index is -0.000000108. The number of unbranched alkanes of at least 4 members (excludes halogenated alkanes) is 3. The Morgan fingerprint density at radius 3 is 0.818 bits per heavy atom. The van der Waals surface area contributed by atoms with E-state index in [4.69, 9.17) is 0 Å². The monoisotopic (exact) mass is 419 g/mol. The van der Waals surface area contributed by atoms with Crippen LogP contribution >= 0.6 is 24.1 Å². The van der Waals surface area contributed by atoms with Gasteiger partial charge in [0.05, 0.1) is 0 Å². The van der Waals surface area contributed by atoms with Crippen molar-refractivity contribution in [2.75, 3.05) is 18.5 Å². The van der Waals surface area contributed by atoms with Gasteiger partial charge in [0, 0.05) is 0 Å². The maximum atomic E-state index is 9.80. The van der Waals surface area contributed by atoms with Crippen LogP contribution in [0.25, 0.3) is 0 Å². The molecule has 22 heavy (non-hydrogen) atoms. The second-order valence-corrected chi connectivity index (χ2v) is 7.57. The zero-order valence-electron chi connectivity index (χ0n) is 13.5. The van der Waals surface area contributed by atoms with Gasteiger partial charge < -0.3 is 14.7 Å². The van der Waals surface area contributed by atoms with Gasteiger partial charge in [-0.05, 0) is 19.3 Å². The molecule has 0 aliphatic carbocycles. The fourth-order valence-corrected chi connectivity index (χ4v) is 2.58. The standard InChI is InChI=1S/3C4H9O2P.Co/c3*1-2-3-4-7(5)6;/h3*2-4H2,1H3;/q;;;+3. The van der Waals surface area contributed by atoms with Gasteiger partial charge in [0.25, 0.3) is 0 Å². The van der Waals surface area contributed by atoms with Gasteiger partial charge >= 0.3 is 40.9 Å². The van der Waals surface area contributed by atoms with Crippen molar-refractivity contribution in [3.05, 3.63) is 0 Å². The van der Waals surface area contributed by atoms with E-state index in [-0.39, 0.29) is 16.8 Å². The molecule has 0 N–H and O–H groups in total.